The number of benzene rings is 3. The number of H-pyrrole nitrogens is 2. The molecule has 0 radical (unpaired) electrons. The first-order valence-corrected chi connectivity index (χ1v) is 25.2. The molecule has 70 heavy (non-hydrogen) atoms. The average molecular weight is 991 g/mol. The number of nitrogens with one attached hydrogen (secondary N) is 2. The summed E-state index contributed by atoms with van der Waals surface area (Å²) in [6, 6.07) is 24.8. The highest BCUT2D eigenvalue weighted by atomic mass is 31.2. The number of aryl methyl sites for hydroxylation is 2. The highest BCUT2D eigenvalue weighted by Crippen LogP contribution is 2.45. The van der Waals surface area contributed by atoms with Gasteiger partial charge in [-0.25, -0.2) is 14.2 Å². The van der Waals surface area contributed by atoms with E-state index in [0.29, 0.717) is 35.5 Å². The second-order valence-corrected chi connectivity index (χ2v) is 18.6. The molecule has 2 aliphatic rings. The Bertz CT molecular complexity index is 2710. The fraction of sp³-hybridized carbons (Fsp3) is 0.480. The van der Waals surface area contributed by atoms with E-state index in [4.69, 9.17) is 37.7 Å². The van der Waals surface area contributed by atoms with Crippen LogP contribution < -0.4 is 32.0 Å². The molecule has 2 aromatic heterocycles. The minimum absolute atomic E-state index is 0.0878. The van der Waals surface area contributed by atoms with Crippen LogP contribution in [0.15, 0.2) is 110 Å². The number of unbranched alkanes of at least 4 members (excludes halogenated alkanes) is 4. The van der Waals surface area contributed by atoms with Gasteiger partial charge in [0.2, 0.25) is 0 Å². The molecule has 378 valence electrons. The van der Waals surface area contributed by atoms with Crippen molar-refractivity contribution in [2.24, 2.45) is 0 Å². The molecule has 20 heteroatoms. The first-order chi connectivity index (χ1) is 33.8. The fourth-order valence-electron chi connectivity index (χ4n) is 9.06. The van der Waals surface area contributed by atoms with E-state index in [1.165, 1.54) is 21.5 Å². The summed E-state index contributed by atoms with van der Waals surface area (Å²) in [5, 5.41) is 0. The molecular formula is C50H63N4O15P. The normalized spacial score (nSPS) is 20.5. The van der Waals surface area contributed by atoms with Gasteiger partial charge < -0.3 is 42.9 Å². The Labute approximate surface area is 404 Å². The third-order valence-corrected chi connectivity index (χ3v) is 13.3. The van der Waals surface area contributed by atoms with Gasteiger partial charge in [-0.3, -0.25) is 33.2 Å². The van der Waals surface area contributed by atoms with Gasteiger partial charge in [-0.1, -0.05) is 94.1 Å². The number of hydrogen-bond donors (Lipinski definition) is 4. The Hall–Kier alpha value is -5.47. The van der Waals surface area contributed by atoms with Gasteiger partial charge in [0.05, 0.1) is 33.5 Å². The van der Waals surface area contributed by atoms with Crippen molar-refractivity contribution in [3.05, 3.63) is 161 Å². The molecule has 6 atom stereocenters. The minimum atomic E-state index is -5.04. The maximum atomic E-state index is 13.5. The van der Waals surface area contributed by atoms with Crippen LogP contribution in [-0.2, 0) is 51.2 Å². The molecule has 0 amide bonds. The molecule has 7 rings (SSSR count). The van der Waals surface area contributed by atoms with E-state index in [9.17, 15) is 33.5 Å². The smallest absolute Gasteiger partial charge is 0.469 e. The SMILES string of the molecule is CCCCCc1cn([C@@H]2CC(OCOC[C@@H]3O[C@H](n4cc(CCCCC)c(=O)[nH]c4=O)CC3OP(=O)(O)O)[C@H](COC(c3ccccc3)(c3ccc(OC)cc3)c3ccc(OC)cc3)O2)c(=O)[nH]c1=O. The number of aromatic nitrogens is 4. The number of aromatic amines is 2. The molecule has 3 aromatic carbocycles. The van der Waals surface area contributed by atoms with Crippen LogP contribution in [0, 0.1) is 0 Å². The predicted octanol–water partition coefficient (Wildman–Crippen LogP) is 5.99. The second-order valence-electron chi connectivity index (χ2n) is 17.4. The molecule has 19 nitrogen and oxygen atoms in total. The van der Waals surface area contributed by atoms with Crippen LogP contribution in [0.3, 0.4) is 0 Å². The molecule has 2 aliphatic heterocycles. The van der Waals surface area contributed by atoms with E-state index in [1.54, 1.807) is 14.2 Å². The summed E-state index contributed by atoms with van der Waals surface area (Å²) in [4.78, 5) is 76.4. The highest BCUT2D eigenvalue weighted by Gasteiger charge is 2.44. The molecule has 2 saturated heterocycles. The third-order valence-electron chi connectivity index (χ3n) is 12.7. The Morgan fingerprint density at radius 3 is 1.60 bits per heavy atom. The van der Waals surface area contributed by atoms with Gasteiger partial charge in [-0.15, -0.1) is 0 Å². The minimum Gasteiger partial charge on any atom is -0.497 e. The second kappa shape index (κ2) is 24.1. The molecular weight excluding hydrogens is 928 g/mol. The number of hydrogen-bond acceptors (Lipinski definition) is 13. The maximum absolute atomic E-state index is 13.5. The van der Waals surface area contributed by atoms with Crippen molar-refractivity contribution < 1.29 is 52.0 Å². The number of methoxy groups -OCH3 is 2. The van der Waals surface area contributed by atoms with Crippen LogP contribution in [-0.4, -0.2) is 87.5 Å². The van der Waals surface area contributed by atoms with Crippen molar-refractivity contribution in [2.45, 2.75) is 121 Å². The lowest BCUT2D eigenvalue weighted by molar-refractivity contribution is -0.151. The summed E-state index contributed by atoms with van der Waals surface area (Å²) in [6.07, 6.45) is 3.12. The summed E-state index contributed by atoms with van der Waals surface area (Å²) in [5.41, 5.74) is -0.453. The fourth-order valence-corrected chi connectivity index (χ4v) is 9.63. The first-order valence-electron chi connectivity index (χ1n) is 23.7. The lowest BCUT2D eigenvalue weighted by atomic mass is 9.80. The molecule has 2 fully saturated rings. The van der Waals surface area contributed by atoms with Crippen molar-refractivity contribution >= 4 is 7.82 Å². The lowest BCUT2D eigenvalue weighted by Crippen LogP contribution is -2.39. The zero-order valence-electron chi connectivity index (χ0n) is 39.9. The first kappa shape index (κ1) is 52.4. The zero-order chi connectivity index (χ0) is 49.8. The Kier molecular flexibility index (Phi) is 18.0. The topological polar surface area (TPSA) is 241 Å². The Balaban J connectivity index is 1.16. The Morgan fingerprint density at radius 1 is 0.657 bits per heavy atom. The van der Waals surface area contributed by atoms with E-state index in [-0.39, 0.29) is 32.8 Å². The number of ether oxygens (including phenoxy) is 7. The van der Waals surface area contributed by atoms with Crippen LogP contribution in [0.5, 0.6) is 11.5 Å². The van der Waals surface area contributed by atoms with Gasteiger partial charge in [0.15, 0.2) is 0 Å². The predicted molar refractivity (Wildman–Crippen MR) is 257 cm³/mol. The van der Waals surface area contributed by atoms with Crippen molar-refractivity contribution in [1.82, 2.24) is 19.1 Å². The Morgan fingerprint density at radius 2 is 1.13 bits per heavy atom. The van der Waals surface area contributed by atoms with Crippen molar-refractivity contribution in [3.8, 4) is 11.5 Å². The number of rotatable bonds is 25. The molecule has 0 bridgehead atoms. The van der Waals surface area contributed by atoms with E-state index in [0.717, 1.165) is 55.2 Å². The number of nitrogens with zero attached hydrogens (tertiary/aromatic N) is 2. The summed E-state index contributed by atoms with van der Waals surface area (Å²) in [6.45, 7) is 3.34. The summed E-state index contributed by atoms with van der Waals surface area (Å²) in [7, 11) is -1.86. The van der Waals surface area contributed by atoms with Crippen LogP contribution in [0.1, 0.15) is 105 Å². The van der Waals surface area contributed by atoms with Gasteiger partial charge >= 0.3 is 19.2 Å². The zero-order valence-corrected chi connectivity index (χ0v) is 40.8. The third kappa shape index (κ3) is 12.7. The maximum Gasteiger partial charge on any atom is 0.469 e. The van der Waals surface area contributed by atoms with Gasteiger partial charge in [-0.05, 0) is 66.6 Å². The number of phosphoric ester groups is 1. The van der Waals surface area contributed by atoms with Gasteiger partial charge in [0, 0.05) is 36.4 Å². The van der Waals surface area contributed by atoms with Crippen molar-refractivity contribution in [2.75, 3.05) is 34.2 Å². The van der Waals surface area contributed by atoms with Gasteiger partial charge in [0.25, 0.3) is 11.1 Å². The molecule has 5 aromatic rings. The molecule has 4 N–H and O–H groups in total. The monoisotopic (exact) mass is 990 g/mol. The van der Waals surface area contributed by atoms with Gasteiger partial charge in [-0.2, -0.15) is 0 Å². The number of phosphoric acid groups is 1. The van der Waals surface area contributed by atoms with E-state index >= 15 is 0 Å². The van der Waals surface area contributed by atoms with E-state index in [1.807, 2.05) is 85.8 Å². The summed E-state index contributed by atoms with van der Waals surface area (Å²) in [5.74, 6) is 1.29. The van der Waals surface area contributed by atoms with Crippen molar-refractivity contribution in [1.29, 1.82) is 0 Å². The summed E-state index contributed by atoms with van der Waals surface area (Å²) < 4.78 is 63.2. The standard InChI is InChI=1S/C50H63N4O15P/c1-5-7-10-14-33-28-53(48(57)51-46(33)55)44-26-40(65-32-64-30-42-41(69-70(59,60)61)27-45(67-42)54-29-34(15-11-8-6-2)47(56)52-49(54)58)43(68-44)31-66-50(35-16-12-9-13-17-35,36-18-22-38(62-3)23-19-36)37-20-24-39(63-4)25-21-37/h9,12-13,16-25,28-29,40-45H,5-8,10-11,14-15,26-27,30-32H2,1-4H3,(H,51,55,57)(H,52,56,58)(H2,59,60,61)/t40?,41?,42-,43-,44-,45-/m0/s1. The van der Waals surface area contributed by atoms with E-state index < -0.39 is 72.8 Å². The van der Waals surface area contributed by atoms with E-state index in [2.05, 4.69) is 16.9 Å². The lowest BCUT2D eigenvalue weighted by Gasteiger charge is -2.37. The van der Waals surface area contributed by atoms with Crippen LogP contribution in [0.4, 0.5) is 0 Å². The largest absolute Gasteiger partial charge is 0.497 e. The van der Waals surface area contributed by atoms with Gasteiger partial charge in [0.1, 0.15) is 54.7 Å². The highest BCUT2D eigenvalue weighted by molar-refractivity contribution is 7.46. The molecule has 4 heterocycles. The van der Waals surface area contributed by atoms with Crippen LogP contribution in [0.25, 0.3) is 0 Å². The van der Waals surface area contributed by atoms with Crippen LogP contribution in [0.2, 0.25) is 0 Å². The molecule has 0 saturated carbocycles. The average Bonchev–Trinajstić information content (AvgIpc) is 3.94. The molecule has 2 unspecified atom stereocenters. The molecule has 0 aliphatic carbocycles. The molecule has 0 spiro atoms. The quantitative estimate of drug-likeness (QED) is 0.0227. The summed E-state index contributed by atoms with van der Waals surface area (Å²) >= 11 is 0. The van der Waals surface area contributed by atoms with Crippen LogP contribution >= 0.6 is 7.82 Å². The van der Waals surface area contributed by atoms with Crippen molar-refractivity contribution in [3.63, 3.8) is 0 Å².